The van der Waals surface area contributed by atoms with Crippen molar-refractivity contribution in [2.24, 2.45) is 5.73 Å². The monoisotopic (exact) mass is 303 g/mol. The van der Waals surface area contributed by atoms with Gasteiger partial charge < -0.3 is 10.5 Å². The van der Waals surface area contributed by atoms with Crippen molar-refractivity contribution >= 4 is 33.2 Å². The highest BCUT2D eigenvalue weighted by Crippen LogP contribution is 2.12. The minimum absolute atomic E-state index is 0.0167. The van der Waals surface area contributed by atoms with Crippen LogP contribution in [0.2, 0.25) is 0 Å². The van der Waals surface area contributed by atoms with Gasteiger partial charge in [0.2, 0.25) is 10.0 Å². The van der Waals surface area contributed by atoms with E-state index in [-0.39, 0.29) is 28.5 Å². The standard InChI is InChI=1S/C10H13N3O4S2/c1-17-8(14)4-6-13-19(15,16)7-3-2-5-12-9(7)10(11)18/h2-3,5,13H,4,6H2,1H3,(H2,11,18). The van der Waals surface area contributed by atoms with Crippen molar-refractivity contribution in [3.8, 4) is 0 Å². The molecule has 3 N–H and O–H groups in total. The maximum Gasteiger partial charge on any atom is 0.306 e. The number of carbonyl (C=O) groups excluding carboxylic acids is 1. The van der Waals surface area contributed by atoms with Crippen molar-refractivity contribution in [2.45, 2.75) is 11.3 Å². The molecule has 1 aromatic heterocycles. The summed E-state index contributed by atoms with van der Waals surface area (Å²) in [6.07, 6.45) is 1.32. The Balaban J connectivity index is 2.89. The van der Waals surface area contributed by atoms with E-state index in [2.05, 4.69) is 14.4 Å². The zero-order chi connectivity index (χ0) is 14.5. The lowest BCUT2D eigenvalue weighted by atomic mass is 10.3. The van der Waals surface area contributed by atoms with E-state index in [4.69, 9.17) is 18.0 Å². The first-order valence-electron chi connectivity index (χ1n) is 5.20. The molecule has 0 saturated heterocycles. The van der Waals surface area contributed by atoms with E-state index in [1.54, 1.807) is 0 Å². The fourth-order valence-corrected chi connectivity index (χ4v) is 2.69. The van der Waals surface area contributed by atoms with Crippen LogP contribution in [0.5, 0.6) is 0 Å². The number of methoxy groups -OCH3 is 1. The van der Waals surface area contributed by atoms with Crippen molar-refractivity contribution in [1.29, 1.82) is 0 Å². The number of thiocarbonyl (C=S) groups is 1. The number of esters is 1. The summed E-state index contributed by atoms with van der Waals surface area (Å²) in [6.45, 7) is -0.0827. The second-order valence-electron chi connectivity index (χ2n) is 3.44. The van der Waals surface area contributed by atoms with Gasteiger partial charge in [0.05, 0.1) is 13.5 Å². The van der Waals surface area contributed by atoms with Crippen LogP contribution in [0.4, 0.5) is 0 Å². The predicted octanol–water partition coefficient (Wildman–Crippen LogP) is -0.443. The maximum atomic E-state index is 12.0. The minimum Gasteiger partial charge on any atom is -0.469 e. The Bertz CT molecular complexity index is 586. The molecule has 0 radical (unpaired) electrons. The minimum atomic E-state index is -3.83. The summed E-state index contributed by atoms with van der Waals surface area (Å²) in [5, 5.41) is 0. The van der Waals surface area contributed by atoms with E-state index in [0.29, 0.717) is 0 Å². The molecule has 7 nitrogen and oxygen atoms in total. The SMILES string of the molecule is COC(=O)CCNS(=O)(=O)c1cccnc1C(N)=S. The van der Waals surface area contributed by atoms with Gasteiger partial charge in [0, 0.05) is 12.7 Å². The van der Waals surface area contributed by atoms with E-state index in [9.17, 15) is 13.2 Å². The number of pyridine rings is 1. The molecule has 0 amide bonds. The first-order chi connectivity index (χ1) is 8.88. The quantitative estimate of drug-likeness (QED) is 0.541. The zero-order valence-corrected chi connectivity index (χ0v) is 11.8. The number of nitrogens with zero attached hydrogens (tertiary/aromatic N) is 1. The van der Waals surface area contributed by atoms with Crippen molar-refractivity contribution in [1.82, 2.24) is 9.71 Å². The molecule has 1 rings (SSSR count). The zero-order valence-electron chi connectivity index (χ0n) is 10.1. The number of aromatic nitrogens is 1. The molecular formula is C10H13N3O4S2. The summed E-state index contributed by atoms with van der Waals surface area (Å²) >= 11 is 4.74. The summed E-state index contributed by atoms with van der Waals surface area (Å²) in [5.41, 5.74) is 5.43. The lowest BCUT2D eigenvalue weighted by Gasteiger charge is -2.09. The topological polar surface area (TPSA) is 111 Å². The Labute approximate surface area is 116 Å². The maximum absolute atomic E-state index is 12.0. The lowest BCUT2D eigenvalue weighted by Crippen LogP contribution is -2.29. The van der Waals surface area contributed by atoms with Gasteiger partial charge in [0.25, 0.3) is 0 Å². The highest BCUT2D eigenvalue weighted by molar-refractivity contribution is 7.89. The van der Waals surface area contributed by atoms with Gasteiger partial charge in [-0.05, 0) is 12.1 Å². The molecule has 1 heterocycles. The molecule has 0 unspecified atom stereocenters. The molecule has 9 heteroatoms. The van der Waals surface area contributed by atoms with Gasteiger partial charge in [-0.1, -0.05) is 12.2 Å². The highest BCUT2D eigenvalue weighted by Gasteiger charge is 2.20. The predicted molar refractivity (Wildman–Crippen MR) is 71.9 cm³/mol. The second kappa shape index (κ2) is 6.55. The molecule has 0 saturated carbocycles. The van der Waals surface area contributed by atoms with Crippen LogP contribution >= 0.6 is 12.2 Å². The number of hydrogen-bond donors (Lipinski definition) is 2. The Morgan fingerprint density at radius 2 is 2.26 bits per heavy atom. The highest BCUT2D eigenvalue weighted by atomic mass is 32.2. The van der Waals surface area contributed by atoms with Gasteiger partial charge in [-0.2, -0.15) is 0 Å². The van der Waals surface area contributed by atoms with Crippen LogP contribution in [-0.4, -0.2) is 38.0 Å². The second-order valence-corrected chi connectivity index (χ2v) is 5.61. The van der Waals surface area contributed by atoms with Crippen LogP contribution in [0, 0.1) is 0 Å². The van der Waals surface area contributed by atoms with Crippen molar-refractivity contribution in [3.63, 3.8) is 0 Å². The van der Waals surface area contributed by atoms with Crippen LogP contribution < -0.4 is 10.5 Å². The average molecular weight is 303 g/mol. The molecule has 104 valence electrons. The Kier molecular flexibility index (Phi) is 5.33. The Morgan fingerprint density at radius 1 is 1.58 bits per heavy atom. The normalized spacial score (nSPS) is 11.0. The van der Waals surface area contributed by atoms with E-state index in [1.807, 2.05) is 0 Å². The van der Waals surface area contributed by atoms with E-state index in [0.717, 1.165) is 0 Å². The largest absolute Gasteiger partial charge is 0.469 e. The number of carbonyl (C=O) groups is 1. The van der Waals surface area contributed by atoms with E-state index < -0.39 is 16.0 Å². The molecular weight excluding hydrogens is 290 g/mol. The molecule has 0 fully saturated rings. The number of nitrogens with one attached hydrogen (secondary N) is 1. The number of rotatable bonds is 6. The lowest BCUT2D eigenvalue weighted by molar-refractivity contribution is -0.140. The number of sulfonamides is 1. The third-order valence-corrected chi connectivity index (χ3v) is 3.83. The van der Waals surface area contributed by atoms with Gasteiger partial charge in [-0.15, -0.1) is 0 Å². The molecule has 0 spiro atoms. The molecule has 0 bridgehead atoms. The number of ether oxygens (including phenoxy) is 1. The Hall–Kier alpha value is -1.58. The van der Waals surface area contributed by atoms with E-state index in [1.165, 1.54) is 25.4 Å². The molecule has 0 aliphatic heterocycles. The molecule has 19 heavy (non-hydrogen) atoms. The summed E-state index contributed by atoms with van der Waals surface area (Å²) in [5.74, 6) is -0.511. The van der Waals surface area contributed by atoms with Crippen LogP contribution in [0.15, 0.2) is 23.2 Å². The molecule has 1 aromatic rings. The molecule has 0 atom stereocenters. The Morgan fingerprint density at radius 3 is 2.84 bits per heavy atom. The molecule has 0 aliphatic carbocycles. The van der Waals surface area contributed by atoms with Gasteiger partial charge in [-0.3, -0.25) is 9.78 Å². The summed E-state index contributed by atoms with van der Waals surface area (Å²) in [4.78, 5) is 14.5. The van der Waals surface area contributed by atoms with Crippen molar-refractivity contribution in [2.75, 3.05) is 13.7 Å². The van der Waals surface area contributed by atoms with Gasteiger partial charge in [0.1, 0.15) is 15.6 Å². The summed E-state index contributed by atoms with van der Waals surface area (Å²) in [6, 6.07) is 2.79. The first kappa shape index (κ1) is 15.5. The van der Waals surface area contributed by atoms with Gasteiger partial charge in [0.15, 0.2) is 0 Å². The van der Waals surface area contributed by atoms with Crippen molar-refractivity contribution < 1.29 is 17.9 Å². The fraction of sp³-hybridized carbons (Fsp3) is 0.300. The van der Waals surface area contributed by atoms with Crippen LogP contribution in [0.1, 0.15) is 12.1 Å². The summed E-state index contributed by atoms with van der Waals surface area (Å²) in [7, 11) is -2.60. The first-order valence-corrected chi connectivity index (χ1v) is 7.09. The fourth-order valence-electron chi connectivity index (χ4n) is 1.26. The summed E-state index contributed by atoms with van der Waals surface area (Å²) < 4.78 is 30.7. The van der Waals surface area contributed by atoms with Crippen LogP contribution in [0.25, 0.3) is 0 Å². The third kappa shape index (κ3) is 4.23. The smallest absolute Gasteiger partial charge is 0.306 e. The van der Waals surface area contributed by atoms with Crippen LogP contribution in [-0.2, 0) is 19.6 Å². The van der Waals surface area contributed by atoms with Gasteiger partial charge >= 0.3 is 5.97 Å². The third-order valence-electron chi connectivity index (χ3n) is 2.14. The average Bonchev–Trinajstić information content (AvgIpc) is 2.38. The van der Waals surface area contributed by atoms with Gasteiger partial charge in [-0.25, -0.2) is 13.1 Å². The van der Waals surface area contributed by atoms with Crippen molar-refractivity contribution in [3.05, 3.63) is 24.0 Å². The molecule has 0 aromatic carbocycles. The van der Waals surface area contributed by atoms with E-state index >= 15 is 0 Å². The number of nitrogens with two attached hydrogens (primary N) is 1. The number of hydrogen-bond acceptors (Lipinski definition) is 6. The molecule has 0 aliphatic rings. The van der Waals surface area contributed by atoms with Crippen LogP contribution in [0.3, 0.4) is 0 Å².